The van der Waals surface area contributed by atoms with Crippen molar-refractivity contribution in [2.45, 2.75) is 26.2 Å². The highest BCUT2D eigenvalue weighted by Crippen LogP contribution is 2.36. The Morgan fingerprint density at radius 2 is 2.08 bits per heavy atom. The third-order valence-electron chi connectivity index (χ3n) is 5.06. The first kappa shape index (κ1) is 16.6. The monoisotopic (exact) mass is 346 g/mol. The number of rotatable bonds is 3. The van der Waals surface area contributed by atoms with E-state index in [9.17, 15) is 4.79 Å². The highest BCUT2D eigenvalue weighted by atomic mass is 16.3. The van der Waals surface area contributed by atoms with Gasteiger partial charge in [-0.05, 0) is 61.6 Å². The molecule has 1 aromatic carbocycles. The summed E-state index contributed by atoms with van der Waals surface area (Å²) < 4.78 is 5.49. The minimum absolute atomic E-state index is 0.0709. The van der Waals surface area contributed by atoms with E-state index in [0.717, 1.165) is 58.3 Å². The van der Waals surface area contributed by atoms with Gasteiger partial charge in [-0.2, -0.15) is 0 Å². The normalized spacial score (nSPS) is 15.2. The van der Waals surface area contributed by atoms with E-state index in [1.807, 2.05) is 50.4 Å². The molecule has 0 N–H and O–H groups in total. The van der Waals surface area contributed by atoms with Crippen LogP contribution in [0.3, 0.4) is 0 Å². The minimum atomic E-state index is 0.0709. The summed E-state index contributed by atoms with van der Waals surface area (Å²) in [6.45, 7) is 2.68. The predicted molar refractivity (Wildman–Crippen MR) is 104 cm³/mol. The molecule has 2 aromatic heterocycles. The Hall–Kier alpha value is -2.88. The Morgan fingerprint density at radius 3 is 2.85 bits per heavy atom. The van der Waals surface area contributed by atoms with E-state index >= 15 is 0 Å². The van der Waals surface area contributed by atoms with Crippen molar-refractivity contribution in [1.82, 2.24) is 9.88 Å². The summed E-state index contributed by atoms with van der Waals surface area (Å²) in [6, 6.07) is 11.8. The second kappa shape index (κ2) is 6.79. The van der Waals surface area contributed by atoms with Crippen LogP contribution >= 0.6 is 0 Å². The first-order valence-electron chi connectivity index (χ1n) is 9.10. The lowest BCUT2D eigenvalue weighted by Crippen LogP contribution is -2.28. The zero-order valence-electron chi connectivity index (χ0n) is 15.2. The summed E-state index contributed by atoms with van der Waals surface area (Å²) in [5, 5.41) is 0.941. The minimum Gasteiger partial charge on any atom is -0.465 e. The van der Waals surface area contributed by atoms with Gasteiger partial charge < -0.3 is 9.32 Å². The first-order chi connectivity index (χ1) is 12.7. The van der Waals surface area contributed by atoms with Crippen LogP contribution in [0.15, 0.2) is 47.1 Å². The number of hydrogen-bond donors (Lipinski definition) is 0. The van der Waals surface area contributed by atoms with Gasteiger partial charge in [-0.25, -0.2) is 4.98 Å². The lowest BCUT2D eigenvalue weighted by Gasteiger charge is -2.24. The summed E-state index contributed by atoms with van der Waals surface area (Å²) in [5.41, 5.74) is 4.82. The van der Waals surface area contributed by atoms with Crippen LogP contribution in [0.2, 0.25) is 0 Å². The summed E-state index contributed by atoms with van der Waals surface area (Å²) >= 11 is 0. The Balaban J connectivity index is 1.97. The van der Waals surface area contributed by atoms with Crippen molar-refractivity contribution in [1.29, 1.82) is 0 Å². The van der Waals surface area contributed by atoms with Gasteiger partial charge in [-0.1, -0.05) is 18.2 Å². The molecule has 4 nitrogen and oxygen atoms in total. The Bertz CT molecular complexity index is 987. The van der Waals surface area contributed by atoms with E-state index in [-0.39, 0.29) is 5.91 Å². The number of nitrogens with zero attached hydrogens (tertiary/aromatic N) is 2. The fourth-order valence-corrected chi connectivity index (χ4v) is 3.60. The number of fused-ring (bicyclic) bond motifs is 2. The molecular weight excluding hydrogens is 324 g/mol. The molecule has 1 aliphatic carbocycles. The highest BCUT2D eigenvalue weighted by Gasteiger charge is 2.26. The molecule has 26 heavy (non-hydrogen) atoms. The average Bonchev–Trinajstić information content (AvgIpc) is 3.18. The van der Waals surface area contributed by atoms with Crippen molar-refractivity contribution in [3.8, 4) is 0 Å². The topological polar surface area (TPSA) is 46.3 Å². The predicted octanol–water partition coefficient (Wildman–Crippen LogP) is 4.80. The van der Waals surface area contributed by atoms with Crippen LogP contribution in [-0.2, 0) is 6.42 Å². The number of amides is 1. The van der Waals surface area contributed by atoms with Gasteiger partial charge in [-0.3, -0.25) is 4.79 Å². The summed E-state index contributed by atoms with van der Waals surface area (Å²) in [4.78, 5) is 19.8. The lowest BCUT2D eigenvalue weighted by atomic mass is 9.86. The zero-order chi connectivity index (χ0) is 18.1. The van der Waals surface area contributed by atoms with Gasteiger partial charge in [0.05, 0.1) is 23.0 Å². The van der Waals surface area contributed by atoms with E-state index < -0.39 is 0 Å². The standard InChI is InChI=1S/C22H22N2O2/c1-3-24(2)22(25)20-17-10-4-5-12-19(17)23-21-15(8-6-11-18(20)21)14-16-9-7-13-26-16/h4-5,7,9-10,12-14H,3,6,8,11H2,1-2H3/b15-14+. The molecule has 0 saturated heterocycles. The molecule has 4 rings (SSSR count). The van der Waals surface area contributed by atoms with E-state index in [2.05, 4.69) is 6.08 Å². The van der Waals surface area contributed by atoms with Gasteiger partial charge in [0.1, 0.15) is 5.76 Å². The van der Waals surface area contributed by atoms with Crippen molar-refractivity contribution in [2.24, 2.45) is 0 Å². The number of pyridine rings is 1. The van der Waals surface area contributed by atoms with E-state index in [1.165, 1.54) is 0 Å². The molecule has 0 unspecified atom stereocenters. The van der Waals surface area contributed by atoms with Gasteiger partial charge in [0.25, 0.3) is 5.91 Å². The summed E-state index contributed by atoms with van der Waals surface area (Å²) in [6.07, 6.45) is 6.56. The Labute approximate surface area is 153 Å². The molecule has 0 spiro atoms. The molecule has 1 aliphatic rings. The lowest BCUT2D eigenvalue weighted by molar-refractivity contribution is 0.0803. The quantitative estimate of drug-likeness (QED) is 0.684. The van der Waals surface area contributed by atoms with Crippen molar-refractivity contribution in [2.75, 3.05) is 13.6 Å². The summed E-state index contributed by atoms with van der Waals surface area (Å²) in [5.74, 6) is 0.892. The fraction of sp³-hybridized carbons (Fsp3) is 0.273. The van der Waals surface area contributed by atoms with Crippen LogP contribution in [0, 0.1) is 0 Å². The maximum atomic E-state index is 13.1. The Kier molecular flexibility index (Phi) is 4.33. The molecule has 0 fully saturated rings. The number of hydrogen-bond acceptors (Lipinski definition) is 3. The molecule has 0 saturated carbocycles. The molecule has 3 aromatic rings. The van der Waals surface area contributed by atoms with Crippen molar-refractivity contribution < 1.29 is 9.21 Å². The SMILES string of the molecule is CCN(C)C(=O)c1c2c(nc3ccccc13)/C(=C/c1ccco1)CCC2. The maximum absolute atomic E-state index is 13.1. The molecule has 132 valence electrons. The largest absolute Gasteiger partial charge is 0.465 e. The number of para-hydroxylation sites is 1. The second-order valence-corrected chi connectivity index (χ2v) is 6.69. The molecule has 0 bridgehead atoms. The molecule has 0 atom stereocenters. The highest BCUT2D eigenvalue weighted by molar-refractivity contribution is 6.09. The fourth-order valence-electron chi connectivity index (χ4n) is 3.60. The number of benzene rings is 1. The number of carbonyl (C=O) groups excluding carboxylic acids is 1. The second-order valence-electron chi connectivity index (χ2n) is 6.69. The van der Waals surface area contributed by atoms with E-state index in [4.69, 9.17) is 9.40 Å². The van der Waals surface area contributed by atoms with Crippen LogP contribution in [0.1, 0.15) is 47.1 Å². The zero-order valence-corrected chi connectivity index (χ0v) is 15.2. The molecular formula is C22H22N2O2. The van der Waals surface area contributed by atoms with Gasteiger partial charge in [0.15, 0.2) is 0 Å². The number of carbonyl (C=O) groups is 1. The molecule has 0 radical (unpaired) electrons. The van der Waals surface area contributed by atoms with E-state index in [1.54, 1.807) is 11.2 Å². The van der Waals surface area contributed by atoms with Crippen molar-refractivity contribution in [3.05, 3.63) is 65.2 Å². The maximum Gasteiger partial charge on any atom is 0.254 e. The molecule has 0 aliphatic heterocycles. The molecule has 2 heterocycles. The van der Waals surface area contributed by atoms with Crippen LogP contribution in [-0.4, -0.2) is 29.4 Å². The van der Waals surface area contributed by atoms with Gasteiger partial charge in [0.2, 0.25) is 0 Å². The van der Waals surface area contributed by atoms with Crippen molar-refractivity contribution >= 4 is 28.5 Å². The van der Waals surface area contributed by atoms with Crippen LogP contribution in [0.25, 0.3) is 22.6 Å². The molecule has 1 amide bonds. The van der Waals surface area contributed by atoms with Gasteiger partial charge >= 0.3 is 0 Å². The number of aromatic nitrogens is 1. The third kappa shape index (κ3) is 2.81. The average molecular weight is 346 g/mol. The molecule has 4 heteroatoms. The first-order valence-corrected chi connectivity index (χ1v) is 9.10. The number of furan rings is 1. The van der Waals surface area contributed by atoms with Crippen molar-refractivity contribution in [3.63, 3.8) is 0 Å². The number of allylic oxidation sites excluding steroid dienone is 1. The smallest absolute Gasteiger partial charge is 0.254 e. The van der Waals surface area contributed by atoms with Gasteiger partial charge in [0, 0.05) is 19.0 Å². The Morgan fingerprint density at radius 1 is 1.23 bits per heavy atom. The third-order valence-corrected chi connectivity index (χ3v) is 5.06. The van der Waals surface area contributed by atoms with Crippen LogP contribution < -0.4 is 0 Å². The van der Waals surface area contributed by atoms with Crippen LogP contribution in [0.5, 0.6) is 0 Å². The van der Waals surface area contributed by atoms with E-state index in [0.29, 0.717) is 6.54 Å². The van der Waals surface area contributed by atoms with Gasteiger partial charge in [-0.15, -0.1) is 0 Å². The summed E-state index contributed by atoms with van der Waals surface area (Å²) in [7, 11) is 1.85. The van der Waals surface area contributed by atoms with Crippen LogP contribution in [0.4, 0.5) is 0 Å².